The van der Waals surface area contributed by atoms with Crippen LogP contribution >= 0.6 is 0 Å². The van der Waals surface area contributed by atoms with Crippen molar-refractivity contribution in [2.75, 3.05) is 24.9 Å². The molecule has 0 unspecified atom stereocenters. The molecule has 158 valence electrons. The standard InChI is InChI=1S/C22H19N3O6/c1-30-17-8-3-14(4-9-17)21(26)23-16-7-12-19(20(13-16)25(28)29)24-22(27)15-5-10-18(31-2)11-6-15/h3-13H,1-2H3,(H,23,26)(H,24,27). The van der Waals surface area contributed by atoms with Crippen LogP contribution in [0.1, 0.15) is 20.7 Å². The summed E-state index contributed by atoms with van der Waals surface area (Å²) < 4.78 is 10.1. The number of carbonyl (C=O) groups is 2. The third-order valence-corrected chi connectivity index (χ3v) is 4.40. The number of carbonyl (C=O) groups excluding carboxylic acids is 2. The molecule has 3 aromatic carbocycles. The quantitative estimate of drug-likeness (QED) is 0.437. The first-order valence-corrected chi connectivity index (χ1v) is 9.10. The van der Waals surface area contributed by atoms with Gasteiger partial charge in [0.05, 0.1) is 19.1 Å². The molecule has 0 bridgehead atoms. The summed E-state index contributed by atoms with van der Waals surface area (Å²) in [6.07, 6.45) is 0. The van der Waals surface area contributed by atoms with Gasteiger partial charge in [-0.1, -0.05) is 0 Å². The molecule has 3 rings (SSSR count). The molecule has 0 atom stereocenters. The molecule has 0 radical (unpaired) electrons. The Kier molecular flexibility index (Phi) is 6.46. The Labute approximate surface area is 177 Å². The molecule has 3 aromatic rings. The van der Waals surface area contributed by atoms with Gasteiger partial charge in [0.1, 0.15) is 17.2 Å². The number of amides is 2. The third kappa shape index (κ3) is 5.15. The summed E-state index contributed by atoms with van der Waals surface area (Å²) in [6, 6.07) is 16.8. The van der Waals surface area contributed by atoms with Gasteiger partial charge in [-0.15, -0.1) is 0 Å². The number of ether oxygens (including phenoxy) is 2. The Morgan fingerprint density at radius 3 is 1.71 bits per heavy atom. The van der Waals surface area contributed by atoms with Gasteiger partial charge in [-0.05, 0) is 60.7 Å². The molecule has 0 aromatic heterocycles. The fourth-order valence-corrected chi connectivity index (χ4v) is 2.75. The van der Waals surface area contributed by atoms with Crippen molar-refractivity contribution in [2.45, 2.75) is 0 Å². The highest BCUT2D eigenvalue weighted by Gasteiger charge is 2.19. The Hall–Kier alpha value is -4.40. The minimum absolute atomic E-state index is 0.00765. The summed E-state index contributed by atoms with van der Waals surface area (Å²) in [4.78, 5) is 35.7. The number of rotatable bonds is 7. The van der Waals surface area contributed by atoms with Crippen molar-refractivity contribution in [3.05, 3.63) is 88.0 Å². The smallest absolute Gasteiger partial charge is 0.294 e. The lowest BCUT2D eigenvalue weighted by molar-refractivity contribution is -0.383. The van der Waals surface area contributed by atoms with E-state index in [1.165, 1.54) is 32.4 Å². The van der Waals surface area contributed by atoms with E-state index in [-0.39, 0.29) is 17.1 Å². The van der Waals surface area contributed by atoms with Crippen molar-refractivity contribution in [2.24, 2.45) is 0 Å². The van der Waals surface area contributed by atoms with Gasteiger partial charge in [0.2, 0.25) is 0 Å². The topological polar surface area (TPSA) is 120 Å². The van der Waals surface area contributed by atoms with E-state index < -0.39 is 16.7 Å². The van der Waals surface area contributed by atoms with Gasteiger partial charge in [-0.2, -0.15) is 0 Å². The lowest BCUT2D eigenvalue weighted by Gasteiger charge is -2.10. The maximum atomic E-state index is 12.4. The van der Waals surface area contributed by atoms with Crippen molar-refractivity contribution in [3.8, 4) is 11.5 Å². The monoisotopic (exact) mass is 421 g/mol. The van der Waals surface area contributed by atoms with Gasteiger partial charge in [-0.3, -0.25) is 19.7 Å². The highest BCUT2D eigenvalue weighted by atomic mass is 16.6. The van der Waals surface area contributed by atoms with Crippen LogP contribution in [0.25, 0.3) is 0 Å². The molecule has 9 nitrogen and oxygen atoms in total. The van der Waals surface area contributed by atoms with Crippen LogP contribution in [-0.4, -0.2) is 31.0 Å². The summed E-state index contributed by atoms with van der Waals surface area (Å²) in [5.41, 5.74) is 0.546. The van der Waals surface area contributed by atoms with Crippen LogP contribution in [0.5, 0.6) is 11.5 Å². The average Bonchev–Trinajstić information content (AvgIpc) is 2.79. The highest BCUT2D eigenvalue weighted by Crippen LogP contribution is 2.29. The molecular formula is C22H19N3O6. The van der Waals surface area contributed by atoms with E-state index in [0.717, 1.165) is 0 Å². The van der Waals surface area contributed by atoms with Crippen molar-refractivity contribution in [3.63, 3.8) is 0 Å². The van der Waals surface area contributed by atoms with Crippen molar-refractivity contribution in [1.29, 1.82) is 0 Å². The van der Waals surface area contributed by atoms with Gasteiger partial charge < -0.3 is 20.1 Å². The second-order valence-corrected chi connectivity index (χ2v) is 6.35. The zero-order chi connectivity index (χ0) is 22.4. The second-order valence-electron chi connectivity index (χ2n) is 6.35. The number of nitrogens with zero attached hydrogens (tertiary/aromatic N) is 1. The van der Waals surface area contributed by atoms with E-state index in [0.29, 0.717) is 22.6 Å². The van der Waals surface area contributed by atoms with Crippen LogP contribution in [0.2, 0.25) is 0 Å². The molecule has 9 heteroatoms. The van der Waals surface area contributed by atoms with Crippen molar-refractivity contribution >= 4 is 28.9 Å². The maximum Gasteiger partial charge on any atom is 0.294 e. The fraction of sp³-hybridized carbons (Fsp3) is 0.0909. The van der Waals surface area contributed by atoms with Crippen LogP contribution in [0.3, 0.4) is 0 Å². The van der Waals surface area contributed by atoms with Crippen LogP contribution in [-0.2, 0) is 0 Å². The lowest BCUT2D eigenvalue weighted by atomic mass is 10.1. The molecule has 0 heterocycles. The zero-order valence-electron chi connectivity index (χ0n) is 16.7. The molecular weight excluding hydrogens is 402 g/mol. The number of hydrogen-bond acceptors (Lipinski definition) is 6. The van der Waals surface area contributed by atoms with Gasteiger partial charge in [0.25, 0.3) is 17.5 Å². The number of hydrogen-bond donors (Lipinski definition) is 2. The zero-order valence-corrected chi connectivity index (χ0v) is 16.7. The molecule has 0 saturated heterocycles. The number of benzene rings is 3. The molecule has 0 fully saturated rings. The maximum absolute atomic E-state index is 12.4. The average molecular weight is 421 g/mol. The number of nitro groups is 1. The fourth-order valence-electron chi connectivity index (χ4n) is 2.75. The van der Waals surface area contributed by atoms with Crippen LogP contribution in [0.15, 0.2) is 66.7 Å². The van der Waals surface area contributed by atoms with Crippen molar-refractivity contribution in [1.82, 2.24) is 0 Å². The Bertz CT molecular complexity index is 1110. The Morgan fingerprint density at radius 1 is 0.774 bits per heavy atom. The molecule has 2 amide bonds. The molecule has 31 heavy (non-hydrogen) atoms. The molecule has 0 aliphatic heterocycles. The van der Waals surface area contributed by atoms with Gasteiger partial charge in [0, 0.05) is 22.9 Å². The third-order valence-electron chi connectivity index (χ3n) is 4.40. The first-order valence-electron chi connectivity index (χ1n) is 9.10. The van der Waals surface area contributed by atoms with Gasteiger partial charge >= 0.3 is 0 Å². The SMILES string of the molecule is COc1ccc(C(=O)Nc2ccc(NC(=O)c3ccc(OC)cc3)c([N+](=O)[O-])c2)cc1. The van der Waals surface area contributed by atoms with E-state index in [2.05, 4.69) is 10.6 Å². The summed E-state index contributed by atoms with van der Waals surface area (Å²) in [5.74, 6) is 0.233. The number of anilines is 2. The van der Waals surface area contributed by atoms with E-state index in [1.54, 1.807) is 48.5 Å². The van der Waals surface area contributed by atoms with E-state index >= 15 is 0 Å². The van der Waals surface area contributed by atoms with Gasteiger partial charge in [-0.25, -0.2) is 0 Å². The first-order chi connectivity index (χ1) is 14.9. The molecule has 0 aliphatic rings. The molecule has 0 saturated carbocycles. The van der Waals surface area contributed by atoms with E-state index in [9.17, 15) is 19.7 Å². The van der Waals surface area contributed by atoms with Crippen molar-refractivity contribution < 1.29 is 24.0 Å². The van der Waals surface area contributed by atoms with E-state index in [1.807, 2.05) is 0 Å². The molecule has 0 spiro atoms. The summed E-state index contributed by atoms with van der Waals surface area (Å²) in [5, 5.41) is 16.6. The normalized spacial score (nSPS) is 10.1. The van der Waals surface area contributed by atoms with Gasteiger partial charge in [0.15, 0.2) is 0 Å². The Balaban J connectivity index is 1.77. The predicted octanol–water partition coefficient (Wildman–Crippen LogP) is 4.12. The number of nitro benzene ring substituents is 1. The Morgan fingerprint density at radius 2 is 1.26 bits per heavy atom. The first kappa shape index (κ1) is 21.3. The summed E-state index contributed by atoms with van der Waals surface area (Å²) in [6.45, 7) is 0. The highest BCUT2D eigenvalue weighted by molar-refractivity contribution is 6.07. The van der Waals surface area contributed by atoms with Crippen LogP contribution in [0, 0.1) is 10.1 Å². The number of nitrogens with one attached hydrogen (secondary N) is 2. The second kappa shape index (κ2) is 9.40. The minimum atomic E-state index is -0.632. The molecule has 2 N–H and O–H groups in total. The lowest BCUT2D eigenvalue weighted by Crippen LogP contribution is -2.14. The van der Waals surface area contributed by atoms with Crippen LogP contribution < -0.4 is 20.1 Å². The number of methoxy groups -OCH3 is 2. The predicted molar refractivity (Wildman–Crippen MR) is 115 cm³/mol. The van der Waals surface area contributed by atoms with Crippen LogP contribution in [0.4, 0.5) is 17.1 Å². The minimum Gasteiger partial charge on any atom is -0.497 e. The summed E-state index contributed by atoms with van der Waals surface area (Å²) in [7, 11) is 3.02. The summed E-state index contributed by atoms with van der Waals surface area (Å²) >= 11 is 0. The largest absolute Gasteiger partial charge is 0.497 e. The van der Waals surface area contributed by atoms with E-state index in [4.69, 9.17) is 9.47 Å². The molecule has 0 aliphatic carbocycles.